The van der Waals surface area contributed by atoms with Gasteiger partial charge in [-0.3, -0.25) is 4.79 Å². The highest BCUT2D eigenvalue weighted by molar-refractivity contribution is 5.90. The van der Waals surface area contributed by atoms with Crippen LogP contribution in [0.5, 0.6) is 0 Å². The van der Waals surface area contributed by atoms with E-state index in [9.17, 15) is 4.79 Å². The molecule has 0 atom stereocenters. The van der Waals surface area contributed by atoms with Crippen molar-refractivity contribution in [1.29, 1.82) is 0 Å². The fourth-order valence-electron chi connectivity index (χ4n) is 1.78. The molecule has 0 aromatic carbocycles. The molecule has 2 heterocycles. The van der Waals surface area contributed by atoms with Crippen molar-refractivity contribution in [3.8, 4) is 0 Å². The lowest BCUT2D eigenvalue weighted by molar-refractivity contribution is 0.0940. The number of hydrogen-bond donors (Lipinski definition) is 1. The Labute approximate surface area is 110 Å². The molecule has 1 amide bonds. The van der Waals surface area contributed by atoms with E-state index in [4.69, 9.17) is 0 Å². The fourth-order valence-corrected chi connectivity index (χ4v) is 1.78. The van der Waals surface area contributed by atoms with Gasteiger partial charge < -0.3 is 5.32 Å². The second kappa shape index (κ2) is 5.09. The van der Waals surface area contributed by atoms with Crippen molar-refractivity contribution in [1.82, 2.24) is 25.3 Å². The molecule has 3 rings (SSSR count). The highest BCUT2D eigenvalue weighted by Gasteiger charge is 2.25. The summed E-state index contributed by atoms with van der Waals surface area (Å²) in [6, 6.07) is 3.62. The predicted molar refractivity (Wildman–Crippen MR) is 67.2 cm³/mol. The molecule has 0 aliphatic heterocycles. The molecule has 0 unspecified atom stereocenters. The molecule has 2 aromatic rings. The van der Waals surface area contributed by atoms with Gasteiger partial charge in [-0.1, -0.05) is 0 Å². The molecule has 0 bridgehead atoms. The summed E-state index contributed by atoms with van der Waals surface area (Å²) in [5, 5.41) is 2.75. The first-order valence-electron chi connectivity index (χ1n) is 6.19. The van der Waals surface area contributed by atoms with E-state index in [2.05, 4.69) is 25.3 Å². The van der Waals surface area contributed by atoms with E-state index in [1.807, 2.05) is 6.07 Å². The lowest BCUT2D eigenvalue weighted by atomic mass is 10.2. The van der Waals surface area contributed by atoms with Crippen molar-refractivity contribution in [2.45, 2.75) is 25.3 Å². The lowest BCUT2D eigenvalue weighted by Crippen LogP contribution is -2.25. The molecule has 6 nitrogen and oxygen atoms in total. The van der Waals surface area contributed by atoms with Gasteiger partial charge >= 0.3 is 0 Å². The molecule has 0 radical (unpaired) electrons. The molecule has 96 valence electrons. The van der Waals surface area contributed by atoms with Gasteiger partial charge in [-0.2, -0.15) is 0 Å². The number of carbonyl (C=O) groups excluding carboxylic acids is 1. The van der Waals surface area contributed by atoms with E-state index in [1.54, 1.807) is 12.4 Å². The second-order valence-electron chi connectivity index (χ2n) is 4.46. The first kappa shape index (κ1) is 11.7. The van der Waals surface area contributed by atoms with Crippen LogP contribution in [-0.4, -0.2) is 25.8 Å². The molecular formula is C13H13N5O. The van der Waals surface area contributed by atoms with Crippen molar-refractivity contribution in [2.75, 3.05) is 0 Å². The van der Waals surface area contributed by atoms with Crippen molar-refractivity contribution < 1.29 is 4.79 Å². The van der Waals surface area contributed by atoms with Crippen LogP contribution in [0.15, 0.2) is 30.9 Å². The van der Waals surface area contributed by atoms with Crippen molar-refractivity contribution in [3.05, 3.63) is 48.1 Å². The molecule has 1 aliphatic rings. The molecule has 6 heteroatoms. The van der Waals surface area contributed by atoms with Gasteiger partial charge in [-0.15, -0.1) is 0 Å². The molecule has 0 spiro atoms. The van der Waals surface area contributed by atoms with Gasteiger partial charge in [0.15, 0.2) is 0 Å². The Kier molecular flexibility index (Phi) is 3.14. The van der Waals surface area contributed by atoms with Gasteiger partial charge in [0.05, 0.1) is 12.2 Å². The third kappa shape index (κ3) is 2.90. The fraction of sp³-hybridized carbons (Fsp3) is 0.308. The summed E-state index contributed by atoms with van der Waals surface area (Å²) in [4.78, 5) is 27.9. The summed E-state index contributed by atoms with van der Waals surface area (Å²) in [5.74, 6) is 0.445. The predicted octanol–water partition coefficient (Wildman–Crippen LogP) is 1.07. The Hall–Kier alpha value is -2.37. The van der Waals surface area contributed by atoms with Crippen LogP contribution in [-0.2, 0) is 6.54 Å². The minimum atomic E-state index is -0.299. The summed E-state index contributed by atoms with van der Waals surface area (Å²) in [7, 11) is 0. The number of aromatic nitrogens is 4. The average Bonchev–Trinajstić information content (AvgIpc) is 3.31. The van der Waals surface area contributed by atoms with Gasteiger partial charge in [-0.25, -0.2) is 19.9 Å². The summed E-state index contributed by atoms with van der Waals surface area (Å²) in [5.41, 5.74) is 1.87. The number of carbonyl (C=O) groups is 1. The zero-order chi connectivity index (χ0) is 13.1. The molecule has 1 saturated carbocycles. The summed E-state index contributed by atoms with van der Waals surface area (Å²) >= 11 is 0. The maximum atomic E-state index is 11.8. The quantitative estimate of drug-likeness (QED) is 0.884. The van der Waals surface area contributed by atoms with Gasteiger partial charge in [0.2, 0.25) is 5.82 Å². The van der Waals surface area contributed by atoms with Crippen LogP contribution in [0.1, 0.15) is 40.8 Å². The minimum Gasteiger partial charge on any atom is -0.344 e. The van der Waals surface area contributed by atoms with Crippen molar-refractivity contribution >= 4 is 5.91 Å². The van der Waals surface area contributed by atoms with E-state index in [0.29, 0.717) is 12.5 Å². The molecule has 1 fully saturated rings. The number of amides is 1. The smallest absolute Gasteiger partial charge is 0.289 e. The highest BCUT2D eigenvalue weighted by atomic mass is 16.2. The summed E-state index contributed by atoms with van der Waals surface area (Å²) < 4.78 is 0. The topological polar surface area (TPSA) is 80.7 Å². The maximum Gasteiger partial charge on any atom is 0.289 e. The third-order valence-electron chi connectivity index (χ3n) is 2.94. The number of nitrogens with zero attached hydrogens (tertiary/aromatic N) is 4. The minimum absolute atomic E-state index is 0.166. The van der Waals surface area contributed by atoms with Crippen LogP contribution in [0.25, 0.3) is 0 Å². The Morgan fingerprint density at radius 1 is 1.21 bits per heavy atom. The van der Waals surface area contributed by atoms with Crippen LogP contribution >= 0.6 is 0 Å². The molecule has 1 N–H and O–H groups in total. The maximum absolute atomic E-state index is 11.8. The van der Waals surface area contributed by atoms with Crippen LogP contribution in [0.2, 0.25) is 0 Å². The first-order chi connectivity index (χ1) is 9.33. The van der Waals surface area contributed by atoms with E-state index in [0.717, 1.165) is 11.4 Å². The second-order valence-corrected chi connectivity index (χ2v) is 4.46. The highest BCUT2D eigenvalue weighted by Crippen LogP contribution is 2.38. The Bertz CT molecular complexity index is 583. The lowest BCUT2D eigenvalue weighted by Gasteiger charge is -2.04. The van der Waals surface area contributed by atoms with Gasteiger partial charge in [0.1, 0.15) is 6.33 Å². The van der Waals surface area contributed by atoms with Crippen LogP contribution < -0.4 is 5.32 Å². The number of hydrogen-bond acceptors (Lipinski definition) is 5. The molecule has 19 heavy (non-hydrogen) atoms. The van der Waals surface area contributed by atoms with Gasteiger partial charge in [0, 0.05) is 24.0 Å². The molecular weight excluding hydrogens is 242 g/mol. The monoisotopic (exact) mass is 255 g/mol. The Balaban J connectivity index is 1.63. The van der Waals surface area contributed by atoms with Crippen molar-refractivity contribution in [3.63, 3.8) is 0 Å². The largest absolute Gasteiger partial charge is 0.344 e. The Morgan fingerprint density at radius 2 is 2.00 bits per heavy atom. The van der Waals surface area contributed by atoms with E-state index >= 15 is 0 Å². The van der Waals surface area contributed by atoms with Gasteiger partial charge in [0.25, 0.3) is 5.91 Å². The normalized spacial score (nSPS) is 14.1. The van der Waals surface area contributed by atoms with Crippen molar-refractivity contribution in [2.24, 2.45) is 0 Å². The van der Waals surface area contributed by atoms with Gasteiger partial charge in [-0.05, 0) is 25.0 Å². The molecule has 0 saturated heterocycles. The zero-order valence-electron chi connectivity index (χ0n) is 10.3. The number of nitrogens with one attached hydrogen (secondary N) is 1. The van der Waals surface area contributed by atoms with Crippen LogP contribution in [0.3, 0.4) is 0 Å². The van der Waals surface area contributed by atoms with E-state index in [-0.39, 0.29) is 11.7 Å². The summed E-state index contributed by atoms with van der Waals surface area (Å²) in [6.45, 7) is 0.360. The third-order valence-corrected chi connectivity index (χ3v) is 2.94. The molecule has 2 aromatic heterocycles. The average molecular weight is 255 g/mol. The zero-order valence-corrected chi connectivity index (χ0v) is 10.3. The first-order valence-corrected chi connectivity index (χ1v) is 6.19. The summed E-state index contributed by atoms with van der Waals surface area (Å²) in [6.07, 6.45) is 7.02. The standard InChI is InChI=1S/C13H13N5O/c19-13(12-14-4-1-5-15-12)16-7-10-6-11(9-2-3-9)18-8-17-10/h1,4-6,8-9H,2-3,7H2,(H,16,19). The van der Waals surface area contributed by atoms with Crippen LogP contribution in [0, 0.1) is 0 Å². The van der Waals surface area contributed by atoms with E-state index < -0.39 is 0 Å². The molecule has 1 aliphatic carbocycles. The van der Waals surface area contributed by atoms with Crippen LogP contribution in [0.4, 0.5) is 0 Å². The Morgan fingerprint density at radius 3 is 2.74 bits per heavy atom. The number of rotatable bonds is 4. The van der Waals surface area contributed by atoms with E-state index in [1.165, 1.54) is 25.2 Å². The SMILES string of the molecule is O=C(NCc1cc(C2CC2)ncn1)c1ncccn1.